The molecule has 4 heterocycles. The Bertz CT molecular complexity index is 1540. The van der Waals surface area contributed by atoms with Crippen LogP contribution >= 0.6 is 11.3 Å². The van der Waals surface area contributed by atoms with Crippen molar-refractivity contribution in [3.05, 3.63) is 76.5 Å². The molecule has 128 valence electrons. The van der Waals surface area contributed by atoms with E-state index >= 15 is 0 Å². The Labute approximate surface area is 156 Å². The molecular weight excluding hydrogens is 358 g/mol. The van der Waals surface area contributed by atoms with Gasteiger partial charge in [-0.2, -0.15) is 0 Å². The molecule has 5 nitrogen and oxygen atoms in total. The summed E-state index contributed by atoms with van der Waals surface area (Å²) in [6, 6.07) is 17.5. The van der Waals surface area contributed by atoms with Crippen LogP contribution in [0, 0.1) is 0 Å². The number of thiazole rings is 1. The molecule has 0 amide bonds. The Morgan fingerprint density at radius 3 is 2.63 bits per heavy atom. The molecule has 6 rings (SSSR count). The molecule has 0 saturated heterocycles. The summed E-state index contributed by atoms with van der Waals surface area (Å²) in [5.74, 6) is 0. The van der Waals surface area contributed by atoms with Gasteiger partial charge in [0.2, 0.25) is 0 Å². The van der Waals surface area contributed by atoms with Crippen LogP contribution < -0.4 is 5.56 Å². The highest BCUT2D eigenvalue weighted by Gasteiger charge is 2.21. The van der Waals surface area contributed by atoms with Crippen molar-refractivity contribution in [2.75, 3.05) is 0 Å². The zero-order chi connectivity index (χ0) is 18.0. The van der Waals surface area contributed by atoms with Gasteiger partial charge in [-0.05, 0) is 12.1 Å². The van der Waals surface area contributed by atoms with Gasteiger partial charge in [0, 0.05) is 22.5 Å². The lowest BCUT2D eigenvalue weighted by Gasteiger charge is -2.06. The van der Waals surface area contributed by atoms with E-state index in [0.29, 0.717) is 27.1 Å². The molecule has 0 radical (unpaired) electrons. The summed E-state index contributed by atoms with van der Waals surface area (Å²) in [7, 11) is 0. The number of hydrogen-bond donors (Lipinski definition) is 0. The summed E-state index contributed by atoms with van der Waals surface area (Å²) in [6.07, 6.45) is 1.74. The number of benzene rings is 2. The van der Waals surface area contributed by atoms with Crippen LogP contribution in [0.4, 0.5) is 0 Å². The minimum absolute atomic E-state index is 0.134. The Hall–Kier alpha value is -3.51. The lowest BCUT2D eigenvalue weighted by Crippen LogP contribution is -2.14. The van der Waals surface area contributed by atoms with Crippen molar-refractivity contribution in [1.29, 1.82) is 0 Å². The van der Waals surface area contributed by atoms with E-state index in [9.17, 15) is 4.79 Å². The highest BCUT2D eigenvalue weighted by atomic mass is 32.1. The van der Waals surface area contributed by atoms with Crippen molar-refractivity contribution < 1.29 is 4.42 Å². The smallest absolute Gasteiger partial charge is 0.268 e. The third-order valence-corrected chi connectivity index (χ3v) is 5.51. The largest absolute Gasteiger partial charge is 0.452 e. The van der Waals surface area contributed by atoms with E-state index in [2.05, 4.69) is 0 Å². The summed E-state index contributed by atoms with van der Waals surface area (Å²) in [5, 5.41) is 3.25. The third kappa shape index (κ3) is 1.96. The average Bonchev–Trinajstić information content (AvgIpc) is 3.33. The number of nitrogens with zero attached hydrogens (tertiary/aromatic N) is 3. The molecule has 2 aromatic carbocycles. The van der Waals surface area contributed by atoms with E-state index in [1.54, 1.807) is 10.6 Å². The predicted octanol–water partition coefficient (Wildman–Crippen LogP) is 4.87. The number of fused-ring (bicyclic) bond motifs is 6. The molecular formula is C21H11N3O2S. The molecule has 4 aromatic heterocycles. The molecule has 0 N–H and O–H groups in total. The van der Waals surface area contributed by atoms with Crippen LogP contribution in [0.3, 0.4) is 0 Å². The van der Waals surface area contributed by atoms with Crippen molar-refractivity contribution in [3.8, 4) is 11.3 Å². The van der Waals surface area contributed by atoms with Gasteiger partial charge in [0.25, 0.3) is 5.56 Å². The number of pyridine rings is 1. The van der Waals surface area contributed by atoms with Gasteiger partial charge in [0.15, 0.2) is 10.5 Å². The van der Waals surface area contributed by atoms with Gasteiger partial charge in [-0.3, -0.25) is 9.20 Å². The number of para-hydroxylation sites is 1. The SMILES string of the molecule is O=c1c2c(-c3ccccc3)nc3c4ccccc4oc3c2nc2sccn12. The second-order valence-electron chi connectivity index (χ2n) is 6.30. The summed E-state index contributed by atoms with van der Waals surface area (Å²) in [4.78, 5) is 23.5. The Morgan fingerprint density at radius 2 is 1.74 bits per heavy atom. The molecule has 0 fully saturated rings. The van der Waals surface area contributed by atoms with Crippen molar-refractivity contribution >= 4 is 49.3 Å². The van der Waals surface area contributed by atoms with Crippen molar-refractivity contribution in [1.82, 2.24) is 14.4 Å². The molecule has 0 unspecified atom stereocenters. The molecule has 0 bridgehead atoms. The quantitative estimate of drug-likeness (QED) is 0.415. The first-order valence-corrected chi connectivity index (χ1v) is 9.35. The van der Waals surface area contributed by atoms with Gasteiger partial charge in [-0.25, -0.2) is 9.97 Å². The fourth-order valence-corrected chi connectivity index (χ4v) is 4.24. The topological polar surface area (TPSA) is 60.4 Å². The number of hydrogen-bond acceptors (Lipinski definition) is 5. The number of rotatable bonds is 1. The van der Waals surface area contributed by atoms with Crippen LogP contribution in [-0.4, -0.2) is 14.4 Å². The Morgan fingerprint density at radius 1 is 0.926 bits per heavy atom. The highest BCUT2D eigenvalue weighted by Crippen LogP contribution is 2.35. The highest BCUT2D eigenvalue weighted by molar-refractivity contribution is 7.15. The molecule has 0 aliphatic heterocycles. The summed E-state index contributed by atoms with van der Waals surface area (Å²) >= 11 is 1.42. The normalized spacial score (nSPS) is 11.9. The van der Waals surface area contributed by atoms with Gasteiger partial charge in [-0.15, -0.1) is 11.3 Å². The predicted molar refractivity (Wildman–Crippen MR) is 107 cm³/mol. The standard InChI is InChI=1S/C21H11N3O2S/c25-20-15-16(12-6-2-1-3-7-12)22-17-13-8-4-5-9-14(13)26-19(17)18(15)23-21-24(20)10-11-27-21/h1-11H. The van der Waals surface area contributed by atoms with Crippen molar-refractivity contribution in [2.45, 2.75) is 0 Å². The average molecular weight is 369 g/mol. The van der Waals surface area contributed by atoms with Crippen molar-refractivity contribution in [3.63, 3.8) is 0 Å². The van der Waals surface area contributed by atoms with Gasteiger partial charge < -0.3 is 4.42 Å². The van der Waals surface area contributed by atoms with Crippen molar-refractivity contribution in [2.24, 2.45) is 0 Å². The maximum atomic E-state index is 13.3. The maximum absolute atomic E-state index is 13.3. The lowest BCUT2D eigenvalue weighted by atomic mass is 10.1. The number of furan rings is 1. The first-order valence-electron chi connectivity index (χ1n) is 8.47. The minimum Gasteiger partial charge on any atom is -0.452 e. The maximum Gasteiger partial charge on any atom is 0.268 e. The summed E-state index contributed by atoms with van der Waals surface area (Å²) in [6.45, 7) is 0. The fourth-order valence-electron chi connectivity index (χ4n) is 3.53. The molecule has 0 saturated carbocycles. The molecule has 0 spiro atoms. The van der Waals surface area contributed by atoms with Gasteiger partial charge in [0.1, 0.15) is 16.6 Å². The monoisotopic (exact) mass is 369 g/mol. The van der Waals surface area contributed by atoms with Gasteiger partial charge in [-0.1, -0.05) is 42.5 Å². The van der Waals surface area contributed by atoms with E-state index in [1.165, 1.54) is 11.3 Å². The van der Waals surface area contributed by atoms with Crippen LogP contribution in [-0.2, 0) is 0 Å². The van der Waals surface area contributed by atoms with Gasteiger partial charge in [0.05, 0.1) is 11.1 Å². The third-order valence-electron chi connectivity index (χ3n) is 4.76. The second-order valence-corrected chi connectivity index (χ2v) is 7.17. The van der Waals surface area contributed by atoms with Gasteiger partial charge >= 0.3 is 0 Å². The van der Waals surface area contributed by atoms with E-state index in [-0.39, 0.29) is 5.56 Å². The van der Waals surface area contributed by atoms with E-state index < -0.39 is 0 Å². The molecule has 0 aliphatic carbocycles. The zero-order valence-electron chi connectivity index (χ0n) is 13.9. The molecule has 27 heavy (non-hydrogen) atoms. The molecule has 6 heteroatoms. The van der Waals surface area contributed by atoms with Crippen LogP contribution in [0.2, 0.25) is 0 Å². The second kappa shape index (κ2) is 5.25. The number of aromatic nitrogens is 3. The van der Waals surface area contributed by atoms with E-state index in [0.717, 1.165) is 22.0 Å². The molecule has 0 atom stereocenters. The molecule has 6 aromatic rings. The van der Waals surface area contributed by atoms with Crippen LogP contribution in [0.1, 0.15) is 0 Å². The first-order chi connectivity index (χ1) is 13.3. The zero-order valence-corrected chi connectivity index (χ0v) is 14.7. The first kappa shape index (κ1) is 14.6. The Kier molecular flexibility index (Phi) is 2.84. The Balaban J connectivity index is 1.94. The van der Waals surface area contributed by atoms with Crippen LogP contribution in [0.5, 0.6) is 0 Å². The van der Waals surface area contributed by atoms with E-state index in [4.69, 9.17) is 14.4 Å². The van der Waals surface area contributed by atoms with E-state index in [1.807, 2.05) is 60.0 Å². The van der Waals surface area contributed by atoms with Crippen LogP contribution in [0.25, 0.3) is 49.2 Å². The fraction of sp³-hybridized carbons (Fsp3) is 0. The summed E-state index contributed by atoms with van der Waals surface area (Å²) < 4.78 is 7.63. The lowest BCUT2D eigenvalue weighted by molar-refractivity contribution is 0.671. The summed E-state index contributed by atoms with van der Waals surface area (Å²) in [5.41, 5.74) is 3.95. The minimum atomic E-state index is -0.134. The molecule has 0 aliphatic rings. The van der Waals surface area contributed by atoms with Crippen LogP contribution in [0.15, 0.2) is 75.4 Å².